The highest BCUT2D eigenvalue weighted by Crippen LogP contribution is 2.32. The Labute approximate surface area is 111 Å². The Balaban J connectivity index is 2.24. The normalized spacial score (nSPS) is 20.6. The summed E-state index contributed by atoms with van der Waals surface area (Å²) in [5.41, 5.74) is 9.08. The molecule has 2 N–H and O–H groups in total. The van der Waals surface area contributed by atoms with E-state index in [1.165, 1.54) is 12.1 Å². The number of piperidine rings is 1. The molecule has 1 saturated heterocycles. The highest BCUT2D eigenvalue weighted by molar-refractivity contribution is 9.10. The van der Waals surface area contributed by atoms with Gasteiger partial charge in [-0.15, -0.1) is 0 Å². The number of nitrogens with two attached hydrogens (primary N) is 1. The largest absolute Gasteiger partial charge is 0.398 e. The number of halogens is 1. The van der Waals surface area contributed by atoms with Crippen LogP contribution in [0.2, 0.25) is 0 Å². The van der Waals surface area contributed by atoms with E-state index in [4.69, 9.17) is 10.5 Å². The summed E-state index contributed by atoms with van der Waals surface area (Å²) in [5.74, 6) is 0. The van der Waals surface area contributed by atoms with E-state index >= 15 is 0 Å². The number of anilines is 2. The van der Waals surface area contributed by atoms with Crippen LogP contribution in [-0.2, 0) is 4.74 Å². The number of nitrogen functional groups attached to an aromatic ring is 1. The first kappa shape index (κ1) is 12.7. The molecule has 3 nitrogen and oxygen atoms in total. The number of hydrogen-bond acceptors (Lipinski definition) is 3. The lowest BCUT2D eigenvalue weighted by atomic mass is 10.1. The van der Waals surface area contributed by atoms with Crippen LogP contribution >= 0.6 is 15.9 Å². The molecule has 0 bridgehead atoms. The number of nitrogens with zero attached hydrogens (tertiary/aromatic N) is 1. The summed E-state index contributed by atoms with van der Waals surface area (Å²) in [7, 11) is 1.79. The fraction of sp³-hybridized carbons (Fsp3) is 0.538. The molecular formula is C13H19BrN2O. The Morgan fingerprint density at radius 2 is 2.24 bits per heavy atom. The van der Waals surface area contributed by atoms with Crippen molar-refractivity contribution in [2.45, 2.75) is 25.9 Å². The van der Waals surface area contributed by atoms with Crippen LogP contribution in [0.25, 0.3) is 0 Å². The van der Waals surface area contributed by atoms with Gasteiger partial charge in [0.2, 0.25) is 0 Å². The molecule has 1 atom stereocenters. The van der Waals surface area contributed by atoms with Gasteiger partial charge in [0.25, 0.3) is 0 Å². The van der Waals surface area contributed by atoms with E-state index < -0.39 is 0 Å². The molecular weight excluding hydrogens is 280 g/mol. The second kappa shape index (κ2) is 5.27. The van der Waals surface area contributed by atoms with Gasteiger partial charge in [-0.1, -0.05) is 0 Å². The molecule has 1 fully saturated rings. The zero-order valence-electron chi connectivity index (χ0n) is 10.4. The van der Waals surface area contributed by atoms with E-state index in [0.717, 1.165) is 35.2 Å². The molecule has 94 valence electrons. The molecule has 0 radical (unpaired) electrons. The van der Waals surface area contributed by atoms with Crippen molar-refractivity contribution in [3.8, 4) is 0 Å². The molecule has 17 heavy (non-hydrogen) atoms. The molecule has 1 aliphatic rings. The molecule has 1 aliphatic heterocycles. The highest BCUT2D eigenvalue weighted by Gasteiger charge is 2.21. The average molecular weight is 299 g/mol. The van der Waals surface area contributed by atoms with Crippen molar-refractivity contribution in [3.63, 3.8) is 0 Å². The summed E-state index contributed by atoms with van der Waals surface area (Å²) < 4.78 is 6.52. The lowest BCUT2D eigenvalue weighted by Gasteiger charge is -2.34. The van der Waals surface area contributed by atoms with Gasteiger partial charge in [-0.05, 0) is 53.4 Å². The fourth-order valence-corrected chi connectivity index (χ4v) is 2.89. The molecule has 1 aromatic rings. The quantitative estimate of drug-likeness (QED) is 0.853. The third kappa shape index (κ3) is 2.75. The number of methoxy groups -OCH3 is 1. The van der Waals surface area contributed by atoms with Gasteiger partial charge in [0.1, 0.15) is 0 Å². The van der Waals surface area contributed by atoms with Gasteiger partial charge in [-0.3, -0.25) is 0 Å². The molecule has 1 unspecified atom stereocenters. The molecule has 1 aromatic carbocycles. The Bertz CT molecular complexity index is 409. The summed E-state index contributed by atoms with van der Waals surface area (Å²) >= 11 is 3.60. The minimum Gasteiger partial charge on any atom is -0.398 e. The number of aryl methyl sites for hydroxylation is 1. The second-order valence-corrected chi connectivity index (χ2v) is 5.46. The molecule has 0 saturated carbocycles. The maximum absolute atomic E-state index is 5.90. The Hall–Kier alpha value is -0.740. The zero-order chi connectivity index (χ0) is 12.4. The summed E-state index contributed by atoms with van der Waals surface area (Å²) in [5, 5.41) is 0. The summed E-state index contributed by atoms with van der Waals surface area (Å²) in [6.45, 7) is 4.09. The van der Waals surface area contributed by atoms with E-state index in [-0.39, 0.29) is 0 Å². The van der Waals surface area contributed by atoms with Gasteiger partial charge >= 0.3 is 0 Å². The van der Waals surface area contributed by atoms with Gasteiger partial charge in [0.15, 0.2) is 0 Å². The van der Waals surface area contributed by atoms with Crippen LogP contribution in [-0.4, -0.2) is 26.3 Å². The average Bonchev–Trinajstić information content (AvgIpc) is 2.34. The number of hydrogen-bond donors (Lipinski definition) is 1. The first-order chi connectivity index (χ1) is 8.11. The molecule has 1 heterocycles. The van der Waals surface area contributed by atoms with Crippen molar-refractivity contribution in [2.24, 2.45) is 0 Å². The minimum atomic E-state index is 0.341. The SMILES string of the molecule is COC1CCCN(c2cc(C)c(N)cc2Br)C1. The Morgan fingerprint density at radius 3 is 2.94 bits per heavy atom. The number of rotatable bonds is 2. The maximum atomic E-state index is 5.90. The molecule has 2 rings (SSSR count). The van der Waals surface area contributed by atoms with E-state index in [9.17, 15) is 0 Å². The molecule has 0 aromatic heterocycles. The van der Waals surface area contributed by atoms with Gasteiger partial charge < -0.3 is 15.4 Å². The third-order valence-corrected chi connectivity index (χ3v) is 4.02. The van der Waals surface area contributed by atoms with Crippen molar-refractivity contribution in [1.29, 1.82) is 0 Å². The predicted octanol–water partition coefficient (Wildman–Crippen LogP) is 2.95. The predicted molar refractivity (Wildman–Crippen MR) is 75.5 cm³/mol. The van der Waals surface area contributed by atoms with Gasteiger partial charge in [0, 0.05) is 30.4 Å². The van der Waals surface area contributed by atoms with Crippen LogP contribution in [0.15, 0.2) is 16.6 Å². The van der Waals surface area contributed by atoms with Crippen molar-refractivity contribution < 1.29 is 4.74 Å². The van der Waals surface area contributed by atoms with E-state index in [0.29, 0.717) is 6.10 Å². The molecule has 0 spiro atoms. The zero-order valence-corrected chi connectivity index (χ0v) is 12.0. The molecule has 4 heteroatoms. The Morgan fingerprint density at radius 1 is 1.47 bits per heavy atom. The van der Waals surface area contributed by atoms with Crippen molar-refractivity contribution in [3.05, 3.63) is 22.2 Å². The first-order valence-corrected chi connectivity index (χ1v) is 6.74. The van der Waals surface area contributed by atoms with E-state index in [2.05, 4.69) is 26.9 Å². The van der Waals surface area contributed by atoms with Crippen molar-refractivity contribution in [2.75, 3.05) is 30.8 Å². The highest BCUT2D eigenvalue weighted by atomic mass is 79.9. The lowest BCUT2D eigenvalue weighted by molar-refractivity contribution is 0.0893. The minimum absolute atomic E-state index is 0.341. The topological polar surface area (TPSA) is 38.5 Å². The van der Waals surface area contributed by atoms with Crippen LogP contribution in [0.4, 0.5) is 11.4 Å². The fourth-order valence-electron chi connectivity index (χ4n) is 2.27. The second-order valence-electron chi connectivity index (χ2n) is 4.61. The van der Waals surface area contributed by atoms with Crippen molar-refractivity contribution in [1.82, 2.24) is 0 Å². The van der Waals surface area contributed by atoms with Gasteiger partial charge in [-0.25, -0.2) is 0 Å². The lowest BCUT2D eigenvalue weighted by Crippen LogP contribution is -2.39. The summed E-state index contributed by atoms with van der Waals surface area (Å²) in [6, 6.07) is 4.14. The van der Waals surface area contributed by atoms with Gasteiger partial charge in [0.05, 0.1) is 11.8 Å². The van der Waals surface area contributed by atoms with Crippen LogP contribution in [0.1, 0.15) is 18.4 Å². The molecule has 0 aliphatic carbocycles. The Kier molecular flexibility index (Phi) is 3.94. The van der Waals surface area contributed by atoms with E-state index in [1.807, 2.05) is 13.0 Å². The summed E-state index contributed by atoms with van der Waals surface area (Å²) in [6.07, 6.45) is 2.67. The van der Waals surface area contributed by atoms with Crippen LogP contribution in [0, 0.1) is 6.92 Å². The van der Waals surface area contributed by atoms with Crippen LogP contribution in [0.5, 0.6) is 0 Å². The monoisotopic (exact) mass is 298 g/mol. The number of ether oxygens (including phenoxy) is 1. The maximum Gasteiger partial charge on any atom is 0.0746 e. The third-order valence-electron chi connectivity index (χ3n) is 3.39. The van der Waals surface area contributed by atoms with Gasteiger partial charge in [-0.2, -0.15) is 0 Å². The summed E-state index contributed by atoms with van der Waals surface area (Å²) in [4.78, 5) is 2.37. The number of benzene rings is 1. The van der Waals surface area contributed by atoms with Crippen molar-refractivity contribution >= 4 is 27.3 Å². The first-order valence-electron chi connectivity index (χ1n) is 5.95. The molecule has 0 amide bonds. The van der Waals surface area contributed by atoms with Crippen LogP contribution < -0.4 is 10.6 Å². The van der Waals surface area contributed by atoms with E-state index in [1.54, 1.807) is 7.11 Å². The standard InChI is InChI=1S/C13H19BrN2O/c1-9-6-13(11(14)7-12(9)15)16-5-3-4-10(8-16)17-2/h6-7,10H,3-5,8,15H2,1-2H3. The van der Waals surface area contributed by atoms with Crippen LogP contribution in [0.3, 0.4) is 0 Å². The smallest absolute Gasteiger partial charge is 0.0746 e.